The Balaban J connectivity index is 1.98. The van der Waals surface area contributed by atoms with Gasteiger partial charge in [0.2, 0.25) is 0 Å². The molecule has 0 aromatic heterocycles. The zero-order chi connectivity index (χ0) is 17.4. The van der Waals surface area contributed by atoms with Crippen LogP contribution in [0.4, 0.5) is 5.69 Å². The summed E-state index contributed by atoms with van der Waals surface area (Å²) in [7, 11) is 1.62. The predicted molar refractivity (Wildman–Crippen MR) is 99.0 cm³/mol. The van der Waals surface area contributed by atoms with Gasteiger partial charge in [0.05, 0.1) is 19.3 Å². The lowest BCUT2D eigenvalue weighted by molar-refractivity contribution is 0.204. The highest BCUT2D eigenvalue weighted by Crippen LogP contribution is 2.22. The number of para-hydroxylation sites is 3. The summed E-state index contributed by atoms with van der Waals surface area (Å²) in [6.07, 6.45) is 0.823. The molecule has 0 saturated heterocycles. The number of nitrogens with two attached hydrogens (primary N) is 1. The fraction of sp³-hybridized carbons (Fsp3) is 0.316. The summed E-state index contributed by atoms with van der Waals surface area (Å²) in [5, 5.41) is 3.06. The SMILES string of the molecule is CCC(CN=C(N)Nc1ccccc1OC)Oc1ccccc1C. The molecule has 2 aromatic carbocycles. The lowest BCUT2D eigenvalue weighted by Crippen LogP contribution is -2.27. The molecular formula is C19H25N3O2. The van der Waals surface area contributed by atoms with E-state index in [-0.39, 0.29) is 6.10 Å². The minimum absolute atomic E-state index is 0.0240. The maximum Gasteiger partial charge on any atom is 0.193 e. The van der Waals surface area contributed by atoms with Crippen molar-refractivity contribution in [3.05, 3.63) is 54.1 Å². The molecule has 0 aliphatic rings. The van der Waals surface area contributed by atoms with E-state index < -0.39 is 0 Å². The van der Waals surface area contributed by atoms with E-state index in [1.54, 1.807) is 7.11 Å². The van der Waals surface area contributed by atoms with E-state index in [2.05, 4.69) is 17.2 Å². The molecule has 0 radical (unpaired) electrons. The van der Waals surface area contributed by atoms with Crippen molar-refractivity contribution in [2.75, 3.05) is 19.0 Å². The molecule has 0 bridgehead atoms. The summed E-state index contributed by atoms with van der Waals surface area (Å²) >= 11 is 0. The van der Waals surface area contributed by atoms with E-state index in [1.165, 1.54) is 0 Å². The van der Waals surface area contributed by atoms with Gasteiger partial charge in [-0.15, -0.1) is 0 Å². The number of rotatable bonds is 7. The monoisotopic (exact) mass is 327 g/mol. The zero-order valence-electron chi connectivity index (χ0n) is 14.5. The summed E-state index contributed by atoms with van der Waals surface area (Å²) in [4.78, 5) is 4.39. The van der Waals surface area contributed by atoms with Gasteiger partial charge in [-0.25, -0.2) is 4.99 Å². The van der Waals surface area contributed by atoms with E-state index >= 15 is 0 Å². The van der Waals surface area contributed by atoms with Crippen LogP contribution in [0.15, 0.2) is 53.5 Å². The molecular weight excluding hydrogens is 302 g/mol. The van der Waals surface area contributed by atoms with Crippen molar-refractivity contribution in [1.82, 2.24) is 0 Å². The fourth-order valence-electron chi connectivity index (χ4n) is 2.24. The minimum Gasteiger partial charge on any atom is -0.495 e. The first-order valence-corrected chi connectivity index (χ1v) is 8.06. The van der Waals surface area contributed by atoms with Crippen LogP contribution in [-0.2, 0) is 0 Å². The zero-order valence-corrected chi connectivity index (χ0v) is 14.5. The third kappa shape index (κ3) is 4.91. The first kappa shape index (κ1) is 17.7. The highest BCUT2D eigenvalue weighted by molar-refractivity contribution is 5.93. The highest BCUT2D eigenvalue weighted by atomic mass is 16.5. The van der Waals surface area contributed by atoms with Crippen LogP contribution in [0.3, 0.4) is 0 Å². The molecule has 0 saturated carbocycles. The van der Waals surface area contributed by atoms with Gasteiger partial charge in [-0.3, -0.25) is 0 Å². The summed E-state index contributed by atoms with van der Waals surface area (Å²) < 4.78 is 11.3. The lowest BCUT2D eigenvalue weighted by Gasteiger charge is -2.17. The fourth-order valence-corrected chi connectivity index (χ4v) is 2.24. The van der Waals surface area contributed by atoms with Crippen LogP contribution in [0, 0.1) is 6.92 Å². The summed E-state index contributed by atoms with van der Waals surface area (Å²) in [6.45, 7) is 4.59. The number of hydrogen-bond acceptors (Lipinski definition) is 3. The van der Waals surface area contributed by atoms with E-state index in [4.69, 9.17) is 15.2 Å². The van der Waals surface area contributed by atoms with E-state index in [0.29, 0.717) is 12.5 Å². The molecule has 0 aliphatic heterocycles. The Labute approximate surface area is 143 Å². The van der Waals surface area contributed by atoms with Crippen molar-refractivity contribution in [2.24, 2.45) is 10.7 Å². The van der Waals surface area contributed by atoms with Gasteiger partial charge >= 0.3 is 0 Å². The van der Waals surface area contributed by atoms with Gasteiger partial charge in [-0.1, -0.05) is 37.3 Å². The Kier molecular flexibility index (Phi) is 6.49. The van der Waals surface area contributed by atoms with E-state index in [0.717, 1.165) is 29.2 Å². The first-order chi connectivity index (χ1) is 11.6. The lowest BCUT2D eigenvalue weighted by atomic mass is 10.2. The Morgan fingerprint density at radius 1 is 1.12 bits per heavy atom. The number of aliphatic imine (C=N–C) groups is 1. The van der Waals surface area contributed by atoms with Crippen molar-refractivity contribution < 1.29 is 9.47 Å². The van der Waals surface area contributed by atoms with Crippen molar-refractivity contribution in [3.8, 4) is 11.5 Å². The average molecular weight is 327 g/mol. The summed E-state index contributed by atoms with van der Waals surface area (Å²) in [5.74, 6) is 1.95. The molecule has 3 N–H and O–H groups in total. The molecule has 0 amide bonds. The molecule has 0 spiro atoms. The number of anilines is 1. The number of ether oxygens (including phenoxy) is 2. The van der Waals surface area contributed by atoms with Gasteiger partial charge in [0.25, 0.3) is 0 Å². The Bertz CT molecular complexity index is 686. The molecule has 128 valence electrons. The van der Waals surface area contributed by atoms with Crippen LogP contribution < -0.4 is 20.5 Å². The second kappa shape index (κ2) is 8.82. The number of hydrogen-bond donors (Lipinski definition) is 2. The smallest absolute Gasteiger partial charge is 0.193 e. The van der Waals surface area contributed by atoms with Crippen LogP contribution in [0.5, 0.6) is 11.5 Å². The molecule has 5 heteroatoms. The second-order valence-corrected chi connectivity index (χ2v) is 5.46. The topological polar surface area (TPSA) is 68.9 Å². The maximum atomic E-state index is 6.02. The van der Waals surface area contributed by atoms with Gasteiger partial charge in [-0.05, 0) is 37.1 Å². The molecule has 1 atom stereocenters. The number of guanidine groups is 1. The van der Waals surface area contributed by atoms with Crippen LogP contribution in [0.1, 0.15) is 18.9 Å². The van der Waals surface area contributed by atoms with Gasteiger partial charge < -0.3 is 20.5 Å². The Morgan fingerprint density at radius 2 is 1.79 bits per heavy atom. The molecule has 0 fully saturated rings. The van der Waals surface area contributed by atoms with Gasteiger partial charge in [0, 0.05) is 0 Å². The molecule has 2 rings (SSSR count). The third-order valence-electron chi connectivity index (χ3n) is 3.68. The molecule has 1 unspecified atom stereocenters. The standard InChI is InChI=1S/C19H25N3O2/c1-4-15(24-17-11-7-5-9-14(17)2)13-21-19(20)22-16-10-6-8-12-18(16)23-3/h5-12,15H,4,13H2,1-3H3,(H3,20,21,22). The maximum absolute atomic E-state index is 6.02. The average Bonchev–Trinajstić information content (AvgIpc) is 2.60. The van der Waals surface area contributed by atoms with Gasteiger partial charge in [0.1, 0.15) is 17.6 Å². The minimum atomic E-state index is -0.0240. The van der Waals surface area contributed by atoms with Crippen LogP contribution in [0.2, 0.25) is 0 Å². The number of nitrogens with one attached hydrogen (secondary N) is 1. The molecule has 2 aromatic rings. The van der Waals surface area contributed by atoms with Crippen LogP contribution >= 0.6 is 0 Å². The van der Waals surface area contributed by atoms with Gasteiger partial charge in [0.15, 0.2) is 5.96 Å². The highest BCUT2D eigenvalue weighted by Gasteiger charge is 2.10. The molecule has 0 heterocycles. The number of benzene rings is 2. The normalized spacial score (nSPS) is 12.5. The van der Waals surface area contributed by atoms with Gasteiger partial charge in [-0.2, -0.15) is 0 Å². The second-order valence-electron chi connectivity index (χ2n) is 5.46. The Hall–Kier alpha value is -2.69. The van der Waals surface area contributed by atoms with Crippen LogP contribution in [-0.4, -0.2) is 25.7 Å². The first-order valence-electron chi connectivity index (χ1n) is 8.06. The van der Waals surface area contributed by atoms with Crippen molar-refractivity contribution in [3.63, 3.8) is 0 Å². The number of methoxy groups -OCH3 is 1. The largest absolute Gasteiger partial charge is 0.495 e. The molecule has 0 aliphatic carbocycles. The molecule has 24 heavy (non-hydrogen) atoms. The summed E-state index contributed by atoms with van der Waals surface area (Å²) in [6, 6.07) is 15.5. The van der Waals surface area contributed by atoms with E-state index in [9.17, 15) is 0 Å². The quantitative estimate of drug-likeness (QED) is 0.602. The van der Waals surface area contributed by atoms with Crippen LogP contribution in [0.25, 0.3) is 0 Å². The Morgan fingerprint density at radius 3 is 2.46 bits per heavy atom. The van der Waals surface area contributed by atoms with E-state index in [1.807, 2.05) is 55.5 Å². The van der Waals surface area contributed by atoms with Crippen molar-refractivity contribution in [1.29, 1.82) is 0 Å². The number of nitrogens with zero attached hydrogens (tertiary/aromatic N) is 1. The number of aryl methyl sites for hydroxylation is 1. The van der Waals surface area contributed by atoms with Crippen molar-refractivity contribution in [2.45, 2.75) is 26.4 Å². The molecule has 5 nitrogen and oxygen atoms in total. The summed E-state index contributed by atoms with van der Waals surface area (Å²) in [5.41, 5.74) is 7.88. The van der Waals surface area contributed by atoms with Crippen molar-refractivity contribution >= 4 is 11.6 Å². The predicted octanol–water partition coefficient (Wildman–Crippen LogP) is 3.59. The third-order valence-corrected chi connectivity index (χ3v) is 3.68.